The van der Waals surface area contributed by atoms with E-state index in [1.54, 1.807) is 13.0 Å². The van der Waals surface area contributed by atoms with Crippen molar-refractivity contribution >= 4 is 16.7 Å². The lowest BCUT2D eigenvalue weighted by molar-refractivity contribution is -0.137. The lowest BCUT2D eigenvalue weighted by Crippen LogP contribution is -2.57. The smallest absolute Gasteiger partial charge is 0.278 e. The molecular weight excluding hydrogens is 289 g/mol. The van der Waals surface area contributed by atoms with Gasteiger partial charge in [-0.15, -0.1) is 0 Å². The number of amides is 1. The number of aliphatic hydroxyl groups is 1. The number of hydrogen-bond acceptors (Lipinski definition) is 4. The molecule has 1 aliphatic rings. The number of nitrogens with one attached hydrogen (secondary N) is 1. The van der Waals surface area contributed by atoms with Crippen molar-refractivity contribution in [3.63, 3.8) is 0 Å². The summed E-state index contributed by atoms with van der Waals surface area (Å²) < 4.78 is 15.1. The summed E-state index contributed by atoms with van der Waals surface area (Å²) in [5, 5.41) is 17.4. The van der Waals surface area contributed by atoms with Crippen LogP contribution in [0.5, 0.6) is 0 Å². The molecule has 2 N–H and O–H groups in total. The predicted octanol–water partition coefficient (Wildman–Crippen LogP) is 1.00. The van der Waals surface area contributed by atoms with Gasteiger partial charge in [0.25, 0.3) is 5.56 Å². The topological polar surface area (TPSA) is 84.2 Å². The van der Waals surface area contributed by atoms with Gasteiger partial charge >= 0.3 is 0 Å². The fourth-order valence-corrected chi connectivity index (χ4v) is 2.97. The Labute approximate surface area is 125 Å². The van der Waals surface area contributed by atoms with Crippen LogP contribution in [-0.2, 0) is 4.79 Å². The zero-order chi connectivity index (χ0) is 16.1. The number of aryl methyl sites for hydroxylation is 1. The van der Waals surface area contributed by atoms with Gasteiger partial charge in [0.15, 0.2) is 5.72 Å². The molecule has 2 unspecified atom stereocenters. The minimum absolute atomic E-state index is 0.0531. The minimum Gasteiger partial charge on any atom is -0.369 e. The number of aromatic nitrogens is 2. The average Bonchev–Trinajstić information content (AvgIpc) is 2.42. The first-order valence-corrected chi connectivity index (χ1v) is 7.02. The normalized spacial score (nSPS) is 25.3. The van der Waals surface area contributed by atoms with Crippen LogP contribution < -0.4 is 10.9 Å². The number of carbonyl (C=O) groups excluding carboxylic acids is 1. The van der Waals surface area contributed by atoms with Gasteiger partial charge in [-0.25, -0.2) is 9.07 Å². The van der Waals surface area contributed by atoms with Gasteiger partial charge in [-0.3, -0.25) is 9.59 Å². The Morgan fingerprint density at radius 1 is 1.45 bits per heavy atom. The standard InChI is InChI=1S/C15H16FN3O3/c1-8-9-4-3-5-10(16)13(9)14(21)19(18-8)11-6-7-12(20)17-15(11,2)22/h3-5,11,22H,6-7H2,1-2H3,(H,17,20). The molecule has 1 aliphatic heterocycles. The second-order valence-electron chi connectivity index (χ2n) is 5.75. The summed E-state index contributed by atoms with van der Waals surface area (Å²) in [6.45, 7) is 3.08. The van der Waals surface area contributed by atoms with E-state index in [0.717, 1.165) is 4.68 Å². The fourth-order valence-electron chi connectivity index (χ4n) is 2.97. The first kappa shape index (κ1) is 14.6. The zero-order valence-corrected chi connectivity index (χ0v) is 12.3. The van der Waals surface area contributed by atoms with E-state index < -0.39 is 23.1 Å². The molecule has 3 rings (SSSR count). The summed E-state index contributed by atoms with van der Waals surface area (Å²) in [4.78, 5) is 24.0. The summed E-state index contributed by atoms with van der Waals surface area (Å²) in [5.74, 6) is -0.917. The molecule has 0 spiro atoms. The van der Waals surface area contributed by atoms with Crippen molar-refractivity contribution in [3.8, 4) is 0 Å². The first-order valence-electron chi connectivity index (χ1n) is 7.02. The van der Waals surface area contributed by atoms with Crippen LogP contribution in [0.25, 0.3) is 10.8 Å². The second kappa shape index (κ2) is 4.88. The third-order valence-electron chi connectivity index (χ3n) is 4.06. The molecule has 6 nitrogen and oxygen atoms in total. The van der Waals surface area contributed by atoms with E-state index in [4.69, 9.17) is 0 Å². The number of hydrogen-bond donors (Lipinski definition) is 2. The lowest BCUT2D eigenvalue weighted by Gasteiger charge is -2.37. The molecule has 1 aromatic carbocycles. The Morgan fingerprint density at radius 3 is 2.86 bits per heavy atom. The van der Waals surface area contributed by atoms with Crippen LogP contribution in [0.2, 0.25) is 0 Å². The van der Waals surface area contributed by atoms with Gasteiger partial charge in [-0.1, -0.05) is 12.1 Å². The summed E-state index contributed by atoms with van der Waals surface area (Å²) in [6.07, 6.45) is 0.425. The van der Waals surface area contributed by atoms with E-state index in [1.165, 1.54) is 19.1 Å². The molecule has 22 heavy (non-hydrogen) atoms. The zero-order valence-electron chi connectivity index (χ0n) is 12.3. The van der Waals surface area contributed by atoms with E-state index in [1.807, 2.05) is 0 Å². The van der Waals surface area contributed by atoms with E-state index in [2.05, 4.69) is 10.4 Å². The highest BCUT2D eigenvalue weighted by Gasteiger charge is 2.40. The van der Waals surface area contributed by atoms with Gasteiger partial charge in [-0.05, 0) is 26.3 Å². The summed E-state index contributed by atoms with van der Waals surface area (Å²) in [7, 11) is 0. The van der Waals surface area contributed by atoms with Crippen molar-refractivity contribution in [1.82, 2.24) is 15.1 Å². The van der Waals surface area contributed by atoms with Gasteiger partial charge in [0.05, 0.1) is 11.1 Å². The van der Waals surface area contributed by atoms with Gasteiger partial charge in [0, 0.05) is 11.8 Å². The van der Waals surface area contributed by atoms with Crippen LogP contribution in [0.15, 0.2) is 23.0 Å². The highest BCUT2D eigenvalue weighted by molar-refractivity contribution is 5.84. The molecule has 1 amide bonds. The predicted molar refractivity (Wildman–Crippen MR) is 77.7 cm³/mol. The van der Waals surface area contributed by atoms with E-state index in [0.29, 0.717) is 11.1 Å². The molecule has 0 saturated carbocycles. The molecular formula is C15H16FN3O3. The van der Waals surface area contributed by atoms with Crippen LogP contribution in [-0.4, -0.2) is 26.5 Å². The Bertz CT molecular complexity index is 829. The van der Waals surface area contributed by atoms with Crippen molar-refractivity contribution in [2.45, 2.75) is 38.5 Å². The first-order chi connectivity index (χ1) is 10.3. The molecule has 2 atom stereocenters. The summed E-state index contributed by atoms with van der Waals surface area (Å²) in [6, 6.07) is 3.62. The number of benzene rings is 1. The molecule has 116 valence electrons. The SMILES string of the molecule is Cc1nn(C2CCC(=O)NC2(C)O)c(=O)c2c(F)cccc12. The van der Waals surface area contributed by atoms with Crippen molar-refractivity contribution in [1.29, 1.82) is 0 Å². The largest absolute Gasteiger partial charge is 0.369 e. The third-order valence-corrected chi connectivity index (χ3v) is 4.06. The fraction of sp³-hybridized carbons (Fsp3) is 0.400. The Hall–Kier alpha value is -2.28. The van der Waals surface area contributed by atoms with Gasteiger partial charge in [0.1, 0.15) is 11.9 Å². The third kappa shape index (κ3) is 2.18. The maximum absolute atomic E-state index is 14.1. The number of piperidine rings is 1. The Morgan fingerprint density at radius 2 is 2.18 bits per heavy atom. The molecule has 7 heteroatoms. The molecule has 1 fully saturated rings. The minimum atomic E-state index is -1.61. The maximum Gasteiger partial charge on any atom is 0.278 e. The summed E-state index contributed by atoms with van der Waals surface area (Å²) in [5.41, 5.74) is -1.74. The quantitative estimate of drug-likeness (QED) is 0.823. The molecule has 2 aromatic rings. The van der Waals surface area contributed by atoms with Crippen molar-refractivity contribution in [2.24, 2.45) is 0 Å². The number of rotatable bonds is 1. The molecule has 0 aliphatic carbocycles. The molecule has 2 heterocycles. The molecule has 1 saturated heterocycles. The van der Waals surface area contributed by atoms with Crippen LogP contribution in [0.3, 0.4) is 0 Å². The Balaban J connectivity index is 2.24. The van der Waals surface area contributed by atoms with Gasteiger partial charge < -0.3 is 10.4 Å². The second-order valence-corrected chi connectivity index (χ2v) is 5.75. The van der Waals surface area contributed by atoms with Gasteiger partial charge in [0.2, 0.25) is 5.91 Å². The number of halogens is 1. The average molecular weight is 305 g/mol. The van der Waals surface area contributed by atoms with Crippen LogP contribution in [0, 0.1) is 12.7 Å². The number of fused-ring (bicyclic) bond motifs is 1. The van der Waals surface area contributed by atoms with Crippen molar-refractivity contribution in [2.75, 3.05) is 0 Å². The monoisotopic (exact) mass is 305 g/mol. The van der Waals surface area contributed by atoms with E-state index in [9.17, 15) is 19.1 Å². The lowest BCUT2D eigenvalue weighted by atomic mass is 9.95. The van der Waals surface area contributed by atoms with Crippen molar-refractivity contribution < 1.29 is 14.3 Å². The van der Waals surface area contributed by atoms with Crippen LogP contribution in [0.1, 0.15) is 31.5 Å². The molecule has 0 bridgehead atoms. The number of nitrogens with zero attached hydrogens (tertiary/aromatic N) is 2. The van der Waals surface area contributed by atoms with Gasteiger partial charge in [-0.2, -0.15) is 5.10 Å². The van der Waals surface area contributed by atoms with Crippen molar-refractivity contribution in [3.05, 3.63) is 40.1 Å². The maximum atomic E-state index is 14.1. The highest BCUT2D eigenvalue weighted by atomic mass is 19.1. The van der Waals surface area contributed by atoms with E-state index >= 15 is 0 Å². The van der Waals surface area contributed by atoms with Crippen LogP contribution >= 0.6 is 0 Å². The molecule has 0 radical (unpaired) electrons. The number of carbonyl (C=O) groups is 1. The molecule has 1 aromatic heterocycles. The highest BCUT2D eigenvalue weighted by Crippen LogP contribution is 2.28. The summed E-state index contributed by atoms with van der Waals surface area (Å²) >= 11 is 0. The van der Waals surface area contributed by atoms with E-state index in [-0.39, 0.29) is 24.1 Å². The van der Waals surface area contributed by atoms with Crippen LogP contribution in [0.4, 0.5) is 4.39 Å². The Kier molecular flexibility index (Phi) is 3.25.